The van der Waals surface area contributed by atoms with Gasteiger partial charge in [-0.15, -0.1) is 0 Å². The molecule has 2 heterocycles. The standard InChI is InChI=1S/C16H26N4O3/c1-11(2)8-20-5-4-12(10-20)9-19(3)15(22)7-13-6-14(21)17-18-16(13)23/h6,11-12H,4-5,7-10H2,1-3H3,(H,17,21)(H,18,23). The van der Waals surface area contributed by atoms with E-state index in [9.17, 15) is 14.4 Å². The van der Waals surface area contributed by atoms with Crippen LogP contribution in [0.1, 0.15) is 25.8 Å². The van der Waals surface area contributed by atoms with Gasteiger partial charge in [0.15, 0.2) is 0 Å². The fourth-order valence-corrected chi connectivity index (χ4v) is 3.12. The van der Waals surface area contributed by atoms with Gasteiger partial charge in [-0.2, -0.15) is 0 Å². The number of hydrogen-bond acceptors (Lipinski definition) is 4. The van der Waals surface area contributed by atoms with Crippen molar-refractivity contribution in [2.75, 3.05) is 33.2 Å². The summed E-state index contributed by atoms with van der Waals surface area (Å²) in [5.74, 6) is 0.986. The molecule has 0 saturated carbocycles. The minimum atomic E-state index is -0.421. The molecule has 2 N–H and O–H groups in total. The predicted octanol–water partition coefficient (Wildman–Crippen LogP) is 0.0420. The van der Waals surface area contributed by atoms with Crippen molar-refractivity contribution in [2.45, 2.75) is 26.7 Å². The second kappa shape index (κ2) is 7.59. The van der Waals surface area contributed by atoms with Crippen LogP contribution in [0, 0.1) is 11.8 Å². The molecule has 1 saturated heterocycles. The number of carbonyl (C=O) groups excluding carboxylic acids is 1. The maximum Gasteiger partial charge on any atom is 0.266 e. The van der Waals surface area contributed by atoms with Gasteiger partial charge in [-0.1, -0.05) is 13.8 Å². The van der Waals surface area contributed by atoms with Gasteiger partial charge in [-0.25, -0.2) is 0 Å². The molecule has 7 heteroatoms. The second-order valence-corrected chi connectivity index (χ2v) is 6.87. The van der Waals surface area contributed by atoms with Crippen molar-refractivity contribution >= 4 is 5.91 Å². The molecule has 0 radical (unpaired) electrons. The Morgan fingerprint density at radius 3 is 2.83 bits per heavy atom. The zero-order valence-corrected chi connectivity index (χ0v) is 14.1. The van der Waals surface area contributed by atoms with Crippen LogP contribution in [0.3, 0.4) is 0 Å². The minimum Gasteiger partial charge on any atom is -0.345 e. The molecule has 0 bridgehead atoms. The molecule has 7 nitrogen and oxygen atoms in total. The molecule has 0 spiro atoms. The van der Waals surface area contributed by atoms with Crippen LogP contribution in [0.15, 0.2) is 15.7 Å². The third-order valence-electron chi connectivity index (χ3n) is 4.19. The van der Waals surface area contributed by atoms with Gasteiger partial charge in [-0.05, 0) is 24.8 Å². The van der Waals surface area contributed by atoms with E-state index in [1.54, 1.807) is 11.9 Å². The molecule has 23 heavy (non-hydrogen) atoms. The number of likely N-dealkylation sites (tertiary alicyclic amines) is 1. The number of aromatic amines is 2. The fraction of sp³-hybridized carbons (Fsp3) is 0.688. The lowest BCUT2D eigenvalue weighted by molar-refractivity contribution is -0.129. The van der Waals surface area contributed by atoms with Gasteiger partial charge in [0.25, 0.3) is 11.1 Å². The van der Waals surface area contributed by atoms with E-state index in [2.05, 4.69) is 28.9 Å². The van der Waals surface area contributed by atoms with Crippen LogP contribution in [-0.2, 0) is 11.2 Å². The van der Waals surface area contributed by atoms with E-state index in [0.717, 1.165) is 26.1 Å². The van der Waals surface area contributed by atoms with Gasteiger partial charge < -0.3 is 9.80 Å². The first-order chi connectivity index (χ1) is 10.8. The fourth-order valence-electron chi connectivity index (χ4n) is 3.12. The summed E-state index contributed by atoms with van der Waals surface area (Å²) in [6.45, 7) is 8.30. The highest BCUT2D eigenvalue weighted by molar-refractivity contribution is 5.78. The molecule has 1 aromatic rings. The third kappa shape index (κ3) is 5.06. The number of aromatic nitrogens is 2. The molecular weight excluding hydrogens is 296 g/mol. The molecule has 128 valence electrons. The number of hydrogen-bond donors (Lipinski definition) is 2. The molecule has 0 aromatic carbocycles. The number of rotatable bonds is 6. The van der Waals surface area contributed by atoms with Gasteiger partial charge >= 0.3 is 0 Å². The zero-order chi connectivity index (χ0) is 17.0. The first-order valence-electron chi connectivity index (χ1n) is 8.12. The molecule has 1 fully saturated rings. The largest absolute Gasteiger partial charge is 0.345 e. The Morgan fingerprint density at radius 2 is 2.13 bits per heavy atom. The molecule has 1 unspecified atom stereocenters. The summed E-state index contributed by atoms with van der Waals surface area (Å²) < 4.78 is 0. The smallest absolute Gasteiger partial charge is 0.266 e. The lowest BCUT2D eigenvalue weighted by Gasteiger charge is -2.22. The number of amides is 1. The van der Waals surface area contributed by atoms with Crippen molar-refractivity contribution in [3.8, 4) is 0 Å². The van der Waals surface area contributed by atoms with Crippen molar-refractivity contribution in [3.63, 3.8) is 0 Å². The van der Waals surface area contributed by atoms with Gasteiger partial charge in [-0.3, -0.25) is 24.6 Å². The highest BCUT2D eigenvalue weighted by Gasteiger charge is 2.25. The van der Waals surface area contributed by atoms with Crippen molar-refractivity contribution in [2.24, 2.45) is 11.8 Å². The van der Waals surface area contributed by atoms with Crippen LogP contribution in [0.25, 0.3) is 0 Å². The summed E-state index contributed by atoms with van der Waals surface area (Å²) in [6.07, 6.45) is 1.05. The first-order valence-corrected chi connectivity index (χ1v) is 8.12. The lowest BCUT2D eigenvalue weighted by Crippen LogP contribution is -2.36. The number of likely N-dealkylation sites (N-methyl/N-ethyl adjacent to an activating group) is 1. The number of carbonyl (C=O) groups is 1. The van der Waals surface area contributed by atoms with E-state index in [1.807, 2.05) is 0 Å². The summed E-state index contributed by atoms with van der Waals surface area (Å²) in [4.78, 5) is 39.2. The van der Waals surface area contributed by atoms with Crippen LogP contribution < -0.4 is 11.1 Å². The summed E-state index contributed by atoms with van der Waals surface area (Å²) >= 11 is 0. The summed E-state index contributed by atoms with van der Waals surface area (Å²) in [7, 11) is 1.76. The molecule has 1 aromatic heterocycles. The lowest BCUT2D eigenvalue weighted by atomic mass is 10.1. The van der Waals surface area contributed by atoms with Crippen LogP contribution in [0.4, 0.5) is 0 Å². The maximum atomic E-state index is 12.3. The number of nitrogens with one attached hydrogen (secondary N) is 2. The average molecular weight is 322 g/mol. The van der Waals surface area contributed by atoms with Crippen molar-refractivity contribution in [1.29, 1.82) is 0 Å². The monoisotopic (exact) mass is 322 g/mol. The highest BCUT2D eigenvalue weighted by atomic mass is 16.2. The van der Waals surface area contributed by atoms with Gasteiger partial charge in [0, 0.05) is 38.3 Å². The topological polar surface area (TPSA) is 89.3 Å². The Morgan fingerprint density at radius 1 is 1.39 bits per heavy atom. The van der Waals surface area contributed by atoms with E-state index in [4.69, 9.17) is 0 Å². The minimum absolute atomic E-state index is 0.0435. The second-order valence-electron chi connectivity index (χ2n) is 6.87. The molecule has 1 aliphatic heterocycles. The SMILES string of the molecule is CC(C)CN1CCC(CN(C)C(=O)Cc2cc(=O)[nH][nH]c2=O)C1. The van der Waals surface area contributed by atoms with E-state index in [0.29, 0.717) is 18.4 Å². The van der Waals surface area contributed by atoms with E-state index in [-0.39, 0.29) is 17.9 Å². The Balaban J connectivity index is 1.87. The molecule has 1 amide bonds. The predicted molar refractivity (Wildman–Crippen MR) is 88.4 cm³/mol. The Bertz CT molecular complexity index is 649. The average Bonchev–Trinajstić information content (AvgIpc) is 2.89. The normalized spacial score (nSPS) is 18.5. The molecule has 2 rings (SSSR count). The van der Waals surface area contributed by atoms with Gasteiger partial charge in [0.1, 0.15) is 0 Å². The Kier molecular flexibility index (Phi) is 5.76. The quantitative estimate of drug-likeness (QED) is 0.774. The maximum absolute atomic E-state index is 12.3. The van der Waals surface area contributed by atoms with Gasteiger partial charge in [0.2, 0.25) is 5.91 Å². The van der Waals surface area contributed by atoms with Crippen molar-refractivity contribution in [3.05, 3.63) is 32.3 Å². The van der Waals surface area contributed by atoms with Gasteiger partial charge in [0.05, 0.1) is 6.42 Å². The molecule has 0 aliphatic carbocycles. The third-order valence-corrected chi connectivity index (χ3v) is 4.19. The van der Waals surface area contributed by atoms with E-state index in [1.165, 1.54) is 6.07 Å². The zero-order valence-electron chi connectivity index (χ0n) is 14.1. The Hall–Kier alpha value is -1.89. The molecule has 1 aliphatic rings. The summed E-state index contributed by atoms with van der Waals surface area (Å²) in [6, 6.07) is 1.19. The summed E-state index contributed by atoms with van der Waals surface area (Å²) in [5.41, 5.74) is -0.621. The molecular formula is C16H26N4O3. The van der Waals surface area contributed by atoms with Crippen molar-refractivity contribution in [1.82, 2.24) is 20.0 Å². The van der Waals surface area contributed by atoms with E-state index >= 15 is 0 Å². The first kappa shape index (κ1) is 17.5. The van der Waals surface area contributed by atoms with E-state index < -0.39 is 11.1 Å². The number of nitrogens with zero attached hydrogens (tertiary/aromatic N) is 2. The summed E-state index contributed by atoms with van der Waals surface area (Å²) in [5, 5.41) is 4.44. The highest BCUT2D eigenvalue weighted by Crippen LogP contribution is 2.18. The van der Waals surface area contributed by atoms with Crippen LogP contribution in [0.5, 0.6) is 0 Å². The number of H-pyrrole nitrogens is 2. The van der Waals surface area contributed by atoms with Crippen LogP contribution >= 0.6 is 0 Å². The van der Waals surface area contributed by atoms with Crippen LogP contribution in [-0.4, -0.2) is 59.1 Å². The van der Waals surface area contributed by atoms with Crippen LogP contribution in [0.2, 0.25) is 0 Å². The molecule has 1 atom stereocenters. The Labute approximate surface area is 135 Å². The van der Waals surface area contributed by atoms with Crippen molar-refractivity contribution < 1.29 is 4.79 Å².